The molecule has 0 aliphatic carbocycles. The summed E-state index contributed by atoms with van der Waals surface area (Å²) in [6.45, 7) is 3.83. The van der Waals surface area contributed by atoms with Gasteiger partial charge >= 0.3 is 0 Å². The first-order valence-corrected chi connectivity index (χ1v) is 9.97. The Hall–Kier alpha value is -2.26. The van der Waals surface area contributed by atoms with Crippen molar-refractivity contribution in [1.29, 1.82) is 0 Å². The highest BCUT2D eigenvalue weighted by molar-refractivity contribution is 7.89. The third kappa shape index (κ3) is 4.28. The van der Waals surface area contributed by atoms with Crippen LogP contribution in [0.2, 0.25) is 0 Å². The summed E-state index contributed by atoms with van der Waals surface area (Å²) in [6.07, 6.45) is 3.85. The molecular formula is C17H21FN4O3S. The monoisotopic (exact) mass is 380 g/mol. The molecule has 0 saturated carbocycles. The van der Waals surface area contributed by atoms with E-state index in [2.05, 4.69) is 19.6 Å². The molecule has 1 aromatic carbocycles. The number of hydrogen-bond acceptors (Lipinski definition) is 6. The van der Waals surface area contributed by atoms with Crippen LogP contribution in [-0.4, -0.2) is 38.1 Å². The van der Waals surface area contributed by atoms with Gasteiger partial charge in [-0.2, -0.15) is 0 Å². The predicted molar refractivity (Wildman–Crippen MR) is 95.1 cm³/mol. The van der Waals surface area contributed by atoms with Gasteiger partial charge in [0.25, 0.3) is 0 Å². The van der Waals surface area contributed by atoms with Crippen molar-refractivity contribution < 1.29 is 17.5 Å². The molecule has 3 rings (SSSR count). The predicted octanol–water partition coefficient (Wildman–Crippen LogP) is 2.09. The summed E-state index contributed by atoms with van der Waals surface area (Å²) in [4.78, 5) is 10.5. The molecule has 0 radical (unpaired) electrons. The summed E-state index contributed by atoms with van der Waals surface area (Å²) >= 11 is 0. The molecule has 1 aromatic heterocycles. The van der Waals surface area contributed by atoms with E-state index in [1.165, 1.54) is 12.1 Å². The van der Waals surface area contributed by atoms with E-state index in [0.29, 0.717) is 12.4 Å². The average Bonchev–Trinajstić information content (AvgIpc) is 3.17. The summed E-state index contributed by atoms with van der Waals surface area (Å²) in [5.41, 5.74) is 0. The molecule has 0 unspecified atom stereocenters. The topological polar surface area (TPSA) is 84.4 Å². The molecule has 0 atom stereocenters. The summed E-state index contributed by atoms with van der Waals surface area (Å²) < 4.78 is 46.2. The Bertz CT molecular complexity index is 870. The molecule has 1 aliphatic rings. The highest BCUT2D eigenvalue weighted by Gasteiger charge is 2.18. The standard InChI is InChI=1S/C17H21FN4O3S/c1-2-25-15-6-5-13(11-14(15)18)26(23,24)20-12-16-19-8-7-17(21-16)22-9-3-4-10-22/h5-8,11,20H,2-4,9-10,12H2,1H3. The van der Waals surface area contributed by atoms with E-state index < -0.39 is 15.8 Å². The van der Waals surface area contributed by atoms with Crippen LogP contribution in [-0.2, 0) is 16.6 Å². The maximum atomic E-state index is 13.9. The Morgan fingerprint density at radius 2 is 2.04 bits per heavy atom. The van der Waals surface area contributed by atoms with Crippen molar-refractivity contribution in [2.45, 2.75) is 31.2 Å². The molecule has 9 heteroatoms. The van der Waals surface area contributed by atoms with Crippen LogP contribution in [0.4, 0.5) is 10.2 Å². The Morgan fingerprint density at radius 1 is 1.27 bits per heavy atom. The summed E-state index contributed by atoms with van der Waals surface area (Å²) in [5.74, 6) is 0.457. The number of hydrogen-bond donors (Lipinski definition) is 1. The van der Waals surface area contributed by atoms with E-state index in [9.17, 15) is 12.8 Å². The Balaban J connectivity index is 1.70. The Labute approximate surface area is 152 Å². The van der Waals surface area contributed by atoms with Crippen molar-refractivity contribution in [3.63, 3.8) is 0 Å². The fourth-order valence-electron chi connectivity index (χ4n) is 2.76. The molecule has 2 heterocycles. The highest BCUT2D eigenvalue weighted by Crippen LogP contribution is 2.21. The van der Waals surface area contributed by atoms with Crippen molar-refractivity contribution >= 4 is 15.8 Å². The van der Waals surface area contributed by atoms with Gasteiger partial charge < -0.3 is 9.64 Å². The largest absolute Gasteiger partial charge is 0.491 e. The zero-order chi connectivity index (χ0) is 18.6. The molecule has 0 amide bonds. The summed E-state index contributed by atoms with van der Waals surface area (Å²) in [6, 6.07) is 5.36. The van der Waals surface area contributed by atoms with E-state index in [4.69, 9.17) is 4.74 Å². The van der Waals surface area contributed by atoms with Gasteiger partial charge in [-0.3, -0.25) is 0 Å². The van der Waals surface area contributed by atoms with Crippen LogP contribution in [0, 0.1) is 5.82 Å². The van der Waals surface area contributed by atoms with Gasteiger partial charge in [0.2, 0.25) is 10.0 Å². The van der Waals surface area contributed by atoms with Gasteiger partial charge in [0.15, 0.2) is 11.6 Å². The van der Waals surface area contributed by atoms with Crippen LogP contribution >= 0.6 is 0 Å². The van der Waals surface area contributed by atoms with E-state index >= 15 is 0 Å². The molecule has 1 N–H and O–H groups in total. The first-order chi connectivity index (χ1) is 12.5. The molecule has 2 aromatic rings. The molecular weight excluding hydrogens is 359 g/mol. The second kappa shape index (κ2) is 7.96. The molecule has 140 valence electrons. The van der Waals surface area contributed by atoms with Gasteiger partial charge in [0.05, 0.1) is 18.0 Å². The highest BCUT2D eigenvalue weighted by atomic mass is 32.2. The van der Waals surface area contributed by atoms with Crippen molar-refractivity contribution in [1.82, 2.24) is 14.7 Å². The van der Waals surface area contributed by atoms with Gasteiger partial charge in [-0.1, -0.05) is 0 Å². The van der Waals surface area contributed by atoms with E-state index in [-0.39, 0.29) is 17.2 Å². The molecule has 0 spiro atoms. The SMILES string of the molecule is CCOc1ccc(S(=O)(=O)NCc2nccc(N3CCCC3)n2)cc1F. The number of nitrogens with one attached hydrogen (secondary N) is 1. The fourth-order valence-corrected chi connectivity index (χ4v) is 3.75. The maximum absolute atomic E-state index is 13.9. The number of sulfonamides is 1. The van der Waals surface area contributed by atoms with Crippen LogP contribution < -0.4 is 14.4 Å². The third-order valence-electron chi connectivity index (χ3n) is 4.05. The number of nitrogens with zero attached hydrogens (tertiary/aromatic N) is 3. The maximum Gasteiger partial charge on any atom is 0.241 e. The number of anilines is 1. The zero-order valence-electron chi connectivity index (χ0n) is 14.5. The van der Waals surface area contributed by atoms with Crippen LogP contribution in [0.25, 0.3) is 0 Å². The van der Waals surface area contributed by atoms with Gasteiger partial charge in [0, 0.05) is 19.3 Å². The minimum Gasteiger partial charge on any atom is -0.491 e. The second-order valence-corrected chi connectivity index (χ2v) is 7.64. The normalized spacial score (nSPS) is 14.6. The van der Waals surface area contributed by atoms with Crippen LogP contribution in [0.15, 0.2) is 35.4 Å². The summed E-state index contributed by atoms with van der Waals surface area (Å²) in [7, 11) is -3.88. The minimum atomic E-state index is -3.88. The van der Waals surface area contributed by atoms with Crippen molar-refractivity contribution in [2.24, 2.45) is 0 Å². The third-order valence-corrected chi connectivity index (χ3v) is 5.45. The van der Waals surface area contributed by atoms with E-state index in [0.717, 1.165) is 37.8 Å². The van der Waals surface area contributed by atoms with Crippen LogP contribution in [0.1, 0.15) is 25.6 Å². The number of aromatic nitrogens is 2. The van der Waals surface area contributed by atoms with Crippen LogP contribution in [0.3, 0.4) is 0 Å². The van der Waals surface area contributed by atoms with Gasteiger partial charge in [0.1, 0.15) is 11.6 Å². The molecule has 0 bridgehead atoms. The van der Waals surface area contributed by atoms with Gasteiger partial charge in [-0.25, -0.2) is 27.5 Å². The fraction of sp³-hybridized carbons (Fsp3) is 0.412. The number of halogens is 1. The smallest absolute Gasteiger partial charge is 0.241 e. The molecule has 1 aliphatic heterocycles. The number of ether oxygens (including phenoxy) is 1. The van der Waals surface area contributed by atoms with Gasteiger partial charge in [-0.15, -0.1) is 0 Å². The second-order valence-electron chi connectivity index (χ2n) is 5.88. The lowest BCUT2D eigenvalue weighted by Gasteiger charge is -2.16. The Kier molecular flexibility index (Phi) is 5.67. The number of rotatable bonds is 7. The molecule has 1 saturated heterocycles. The lowest BCUT2D eigenvalue weighted by Crippen LogP contribution is -2.25. The molecule has 1 fully saturated rings. The summed E-state index contributed by atoms with van der Waals surface area (Å²) in [5, 5.41) is 0. The van der Waals surface area contributed by atoms with E-state index in [1.807, 2.05) is 6.07 Å². The zero-order valence-corrected chi connectivity index (χ0v) is 15.3. The molecule has 26 heavy (non-hydrogen) atoms. The van der Waals surface area contributed by atoms with Crippen molar-refractivity contribution in [2.75, 3.05) is 24.6 Å². The van der Waals surface area contributed by atoms with Crippen molar-refractivity contribution in [3.05, 3.63) is 42.1 Å². The first kappa shape index (κ1) is 18.5. The quantitative estimate of drug-likeness (QED) is 0.792. The van der Waals surface area contributed by atoms with Gasteiger partial charge in [-0.05, 0) is 44.0 Å². The average molecular weight is 380 g/mol. The van der Waals surface area contributed by atoms with Crippen LogP contribution in [0.5, 0.6) is 5.75 Å². The lowest BCUT2D eigenvalue weighted by molar-refractivity contribution is 0.321. The number of benzene rings is 1. The van der Waals surface area contributed by atoms with E-state index in [1.54, 1.807) is 13.1 Å². The minimum absolute atomic E-state index is 0.0214. The first-order valence-electron chi connectivity index (χ1n) is 8.48. The molecule has 7 nitrogen and oxygen atoms in total. The van der Waals surface area contributed by atoms with Crippen molar-refractivity contribution in [3.8, 4) is 5.75 Å². The Morgan fingerprint density at radius 3 is 2.73 bits per heavy atom. The lowest BCUT2D eigenvalue weighted by atomic mass is 10.3.